The first kappa shape index (κ1) is 20.3. The summed E-state index contributed by atoms with van der Waals surface area (Å²) in [4.78, 5) is 26.1. The van der Waals surface area contributed by atoms with Crippen molar-refractivity contribution in [3.8, 4) is 0 Å². The molecule has 6 nitrogen and oxygen atoms in total. The SMILES string of the molecule is CC(=O)N[C@@H](C(=O)NC[C@@H](c1ccc(F)cc1)N1CCOCC1)C(C)C. The number of rotatable bonds is 7. The molecule has 2 amide bonds. The van der Waals surface area contributed by atoms with Gasteiger partial charge in [-0.2, -0.15) is 0 Å². The topological polar surface area (TPSA) is 70.7 Å². The van der Waals surface area contributed by atoms with Crippen LogP contribution in [0.1, 0.15) is 32.4 Å². The predicted octanol–water partition coefficient (Wildman–Crippen LogP) is 1.48. The van der Waals surface area contributed by atoms with Crippen molar-refractivity contribution in [2.24, 2.45) is 5.92 Å². The molecule has 0 radical (unpaired) electrons. The van der Waals surface area contributed by atoms with E-state index in [9.17, 15) is 14.0 Å². The van der Waals surface area contributed by atoms with Crippen molar-refractivity contribution in [1.82, 2.24) is 15.5 Å². The van der Waals surface area contributed by atoms with Gasteiger partial charge in [0.1, 0.15) is 11.9 Å². The lowest BCUT2D eigenvalue weighted by molar-refractivity contribution is -0.129. The van der Waals surface area contributed by atoms with Crippen molar-refractivity contribution >= 4 is 11.8 Å². The maximum Gasteiger partial charge on any atom is 0.242 e. The average molecular weight is 365 g/mol. The van der Waals surface area contributed by atoms with Gasteiger partial charge in [0.25, 0.3) is 0 Å². The zero-order valence-corrected chi connectivity index (χ0v) is 15.6. The molecule has 2 atom stereocenters. The first-order valence-corrected chi connectivity index (χ1v) is 9.00. The molecule has 0 bridgehead atoms. The third-order valence-corrected chi connectivity index (χ3v) is 4.52. The van der Waals surface area contributed by atoms with Gasteiger partial charge in [-0.1, -0.05) is 26.0 Å². The fourth-order valence-electron chi connectivity index (χ4n) is 3.09. The molecule has 26 heavy (non-hydrogen) atoms. The van der Waals surface area contributed by atoms with Gasteiger partial charge in [0.2, 0.25) is 11.8 Å². The van der Waals surface area contributed by atoms with Crippen LogP contribution in [-0.2, 0) is 14.3 Å². The van der Waals surface area contributed by atoms with Crippen molar-refractivity contribution in [3.63, 3.8) is 0 Å². The Morgan fingerprint density at radius 3 is 2.35 bits per heavy atom. The Morgan fingerprint density at radius 1 is 1.19 bits per heavy atom. The predicted molar refractivity (Wildman–Crippen MR) is 97.0 cm³/mol. The highest BCUT2D eigenvalue weighted by Crippen LogP contribution is 2.22. The number of halogens is 1. The third kappa shape index (κ3) is 5.78. The summed E-state index contributed by atoms with van der Waals surface area (Å²) < 4.78 is 18.7. The second-order valence-corrected chi connectivity index (χ2v) is 6.88. The lowest BCUT2D eigenvalue weighted by Crippen LogP contribution is -2.51. The van der Waals surface area contributed by atoms with Crippen molar-refractivity contribution in [2.75, 3.05) is 32.8 Å². The minimum absolute atomic E-state index is 0.0217. The van der Waals surface area contributed by atoms with Gasteiger partial charge < -0.3 is 15.4 Å². The maximum absolute atomic E-state index is 13.3. The second-order valence-electron chi connectivity index (χ2n) is 6.88. The highest BCUT2D eigenvalue weighted by atomic mass is 19.1. The van der Waals surface area contributed by atoms with E-state index in [0.717, 1.165) is 18.7 Å². The van der Waals surface area contributed by atoms with Gasteiger partial charge in [0, 0.05) is 26.6 Å². The highest BCUT2D eigenvalue weighted by molar-refractivity contribution is 5.87. The summed E-state index contributed by atoms with van der Waals surface area (Å²) in [6.07, 6.45) is 0. The van der Waals surface area contributed by atoms with E-state index in [4.69, 9.17) is 4.74 Å². The smallest absolute Gasteiger partial charge is 0.242 e. The molecule has 0 spiro atoms. The number of ether oxygens (including phenoxy) is 1. The Bertz CT molecular complexity index is 601. The maximum atomic E-state index is 13.3. The molecule has 7 heteroatoms. The molecule has 1 aliphatic rings. The third-order valence-electron chi connectivity index (χ3n) is 4.52. The largest absolute Gasteiger partial charge is 0.379 e. The summed E-state index contributed by atoms with van der Waals surface area (Å²) >= 11 is 0. The number of nitrogens with one attached hydrogen (secondary N) is 2. The molecule has 1 aromatic carbocycles. The molecule has 144 valence electrons. The van der Waals surface area contributed by atoms with Crippen molar-refractivity contribution in [1.29, 1.82) is 0 Å². The van der Waals surface area contributed by atoms with Crippen LogP contribution in [0.3, 0.4) is 0 Å². The molecular weight excluding hydrogens is 337 g/mol. The first-order chi connectivity index (χ1) is 12.4. The fraction of sp³-hybridized carbons (Fsp3) is 0.579. The normalized spacial score (nSPS) is 17.6. The number of amides is 2. The Balaban J connectivity index is 2.09. The summed E-state index contributed by atoms with van der Waals surface area (Å²) in [6, 6.07) is 5.70. The Labute approximate surface area is 154 Å². The van der Waals surface area contributed by atoms with Crippen LogP contribution in [0.5, 0.6) is 0 Å². The van der Waals surface area contributed by atoms with E-state index in [0.29, 0.717) is 19.8 Å². The van der Waals surface area contributed by atoms with Crippen LogP contribution >= 0.6 is 0 Å². The van der Waals surface area contributed by atoms with Crippen LogP contribution in [-0.4, -0.2) is 55.6 Å². The van der Waals surface area contributed by atoms with E-state index >= 15 is 0 Å². The molecule has 2 N–H and O–H groups in total. The number of hydrogen-bond acceptors (Lipinski definition) is 4. The molecule has 1 heterocycles. The minimum Gasteiger partial charge on any atom is -0.379 e. The van der Waals surface area contributed by atoms with Crippen LogP contribution in [0.4, 0.5) is 4.39 Å². The van der Waals surface area contributed by atoms with Gasteiger partial charge in [-0.3, -0.25) is 14.5 Å². The fourth-order valence-corrected chi connectivity index (χ4v) is 3.09. The lowest BCUT2D eigenvalue weighted by Gasteiger charge is -2.35. The van der Waals surface area contributed by atoms with E-state index in [-0.39, 0.29) is 29.6 Å². The minimum atomic E-state index is -0.578. The Morgan fingerprint density at radius 2 is 1.81 bits per heavy atom. The number of nitrogens with zero attached hydrogens (tertiary/aromatic N) is 1. The molecule has 2 rings (SSSR count). The Hall–Kier alpha value is -1.99. The summed E-state index contributed by atoms with van der Waals surface area (Å²) in [5, 5.41) is 5.65. The molecule has 1 aliphatic heterocycles. The summed E-state index contributed by atoms with van der Waals surface area (Å²) in [6.45, 7) is 8.32. The van der Waals surface area contributed by atoms with E-state index in [2.05, 4.69) is 15.5 Å². The van der Waals surface area contributed by atoms with Gasteiger partial charge in [0.15, 0.2) is 0 Å². The second kappa shape index (κ2) is 9.64. The highest BCUT2D eigenvalue weighted by Gasteiger charge is 2.27. The van der Waals surface area contributed by atoms with Gasteiger partial charge in [0.05, 0.1) is 19.3 Å². The summed E-state index contributed by atoms with van der Waals surface area (Å²) in [5.41, 5.74) is 0.939. The van der Waals surface area contributed by atoms with Crippen LogP contribution < -0.4 is 10.6 Å². The van der Waals surface area contributed by atoms with Crippen molar-refractivity contribution < 1.29 is 18.7 Å². The first-order valence-electron chi connectivity index (χ1n) is 9.00. The molecule has 0 aliphatic carbocycles. The van der Waals surface area contributed by atoms with E-state index < -0.39 is 6.04 Å². The number of morpholine rings is 1. The average Bonchev–Trinajstić information content (AvgIpc) is 2.61. The quantitative estimate of drug-likeness (QED) is 0.768. The van der Waals surface area contributed by atoms with Crippen LogP contribution in [0.2, 0.25) is 0 Å². The van der Waals surface area contributed by atoms with Crippen LogP contribution in [0, 0.1) is 11.7 Å². The number of carbonyl (C=O) groups excluding carboxylic acids is 2. The molecule has 0 aromatic heterocycles. The molecular formula is C19H28FN3O3. The zero-order chi connectivity index (χ0) is 19.1. The summed E-state index contributed by atoms with van der Waals surface area (Å²) in [7, 11) is 0. The standard InChI is InChI=1S/C19H28FN3O3/c1-13(2)18(22-14(3)24)19(25)21-12-17(23-8-10-26-11-9-23)15-4-6-16(20)7-5-15/h4-7,13,17-18H,8-12H2,1-3H3,(H,21,25)(H,22,24)/t17-,18+/m0/s1. The molecule has 1 aromatic rings. The van der Waals surface area contributed by atoms with Gasteiger partial charge in [-0.15, -0.1) is 0 Å². The summed E-state index contributed by atoms with van der Waals surface area (Å²) in [5.74, 6) is -0.756. The molecule has 0 saturated carbocycles. The Kier molecular flexibility index (Phi) is 7.53. The van der Waals surface area contributed by atoms with E-state index in [1.165, 1.54) is 19.1 Å². The van der Waals surface area contributed by atoms with Crippen molar-refractivity contribution in [2.45, 2.75) is 32.9 Å². The van der Waals surface area contributed by atoms with Crippen molar-refractivity contribution in [3.05, 3.63) is 35.6 Å². The van der Waals surface area contributed by atoms with E-state index in [1.54, 1.807) is 12.1 Å². The molecule has 1 saturated heterocycles. The molecule has 0 unspecified atom stereocenters. The lowest BCUT2D eigenvalue weighted by atomic mass is 10.0. The zero-order valence-electron chi connectivity index (χ0n) is 15.6. The van der Waals surface area contributed by atoms with Gasteiger partial charge >= 0.3 is 0 Å². The number of hydrogen-bond donors (Lipinski definition) is 2. The number of carbonyl (C=O) groups is 2. The van der Waals surface area contributed by atoms with Crippen LogP contribution in [0.15, 0.2) is 24.3 Å². The van der Waals surface area contributed by atoms with Gasteiger partial charge in [-0.25, -0.2) is 4.39 Å². The van der Waals surface area contributed by atoms with E-state index in [1.807, 2.05) is 13.8 Å². The van der Waals surface area contributed by atoms with Gasteiger partial charge in [-0.05, 0) is 23.6 Å². The molecule has 1 fully saturated rings. The van der Waals surface area contributed by atoms with Crippen LogP contribution in [0.25, 0.3) is 0 Å². The monoisotopic (exact) mass is 365 g/mol. The number of benzene rings is 1.